The third kappa shape index (κ3) is 2.58. The molecule has 0 amide bonds. The van der Waals surface area contributed by atoms with E-state index in [0.717, 1.165) is 24.4 Å². The first-order valence-corrected chi connectivity index (χ1v) is 6.63. The highest BCUT2D eigenvalue weighted by atomic mass is 16.5. The van der Waals surface area contributed by atoms with E-state index in [9.17, 15) is 0 Å². The van der Waals surface area contributed by atoms with Gasteiger partial charge in [0, 0.05) is 26.2 Å². The fraction of sp³-hybridized carbons (Fsp3) is 1.00. The van der Waals surface area contributed by atoms with Crippen LogP contribution in [-0.4, -0.2) is 44.8 Å². The summed E-state index contributed by atoms with van der Waals surface area (Å²) in [6, 6.07) is 0.393. The third-order valence-electron chi connectivity index (χ3n) is 4.66. The molecule has 2 aliphatic rings. The van der Waals surface area contributed by atoms with E-state index in [0.29, 0.717) is 12.6 Å². The number of nitrogens with two attached hydrogens (primary N) is 1. The minimum Gasteiger partial charge on any atom is -0.383 e. The van der Waals surface area contributed by atoms with E-state index in [-0.39, 0.29) is 0 Å². The molecule has 16 heavy (non-hydrogen) atoms. The zero-order valence-electron chi connectivity index (χ0n) is 10.7. The molecule has 4 atom stereocenters. The summed E-state index contributed by atoms with van der Waals surface area (Å²) in [7, 11) is 3.95. The van der Waals surface area contributed by atoms with Crippen molar-refractivity contribution in [3.63, 3.8) is 0 Å². The molecule has 2 saturated carbocycles. The van der Waals surface area contributed by atoms with Crippen molar-refractivity contribution in [1.29, 1.82) is 0 Å². The van der Waals surface area contributed by atoms with Crippen molar-refractivity contribution in [2.75, 3.05) is 33.9 Å². The van der Waals surface area contributed by atoms with E-state index < -0.39 is 0 Å². The van der Waals surface area contributed by atoms with Crippen LogP contribution < -0.4 is 5.73 Å². The normalized spacial score (nSPS) is 34.9. The van der Waals surface area contributed by atoms with Crippen molar-refractivity contribution in [3.05, 3.63) is 0 Å². The topological polar surface area (TPSA) is 38.5 Å². The van der Waals surface area contributed by atoms with Gasteiger partial charge in [-0.05, 0) is 44.1 Å². The van der Waals surface area contributed by atoms with Crippen molar-refractivity contribution in [2.45, 2.75) is 31.7 Å². The monoisotopic (exact) mass is 226 g/mol. The first kappa shape index (κ1) is 12.3. The summed E-state index contributed by atoms with van der Waals surface area (Å²) in [5.74, 6) is 2.98. The number of methoxy groups -OCH3 is 1. The number of likely N-dealkylation sites (N-methyl/N-ethyl adjacent to an activating group) is 1. The molecule has 3 heteroatoms. The number of hydrogen-bond acceptors (Lipinski definition) is 3. The zero-order chi connectivity index (χ0) is 11.5. The lowest BCUT2D eigenvalue weighted by Gasteiger charge is -2.32. The van der Waals surface area contributed by atoms with Crippen molar-refractivity contribution in [2.24, 2.45) is 23.5 Å². The highest BCUT2D eigenvalue weighted by molar-refractivity contribution is 4.91. The van der Waals surface area contributed by atoms with Crippen LogP contribution >= 0.6 is 0 Å². The Balaban J connectivity index is 1.79. The predicted molar refractivity (Wildman–Crippen MR) is 66.3 cm³/mol. The quantitative estimate of drug-likeness (QED) is 0.742. The van der Waals surface area contributed by atoms with Gasteiger partial charge in [0.05, 0.1) is 6.61 Å². The maximum absolute atomic E-state index is 5.79. The van der Waals surface area contributed by atoms with Gasteiger partial charge in [0.1, 0.15) is 0 Å². The SMILES string of the molecule is COCC(CN)N(C)CC1CC2CCC1C2. The molecule has 0 aliphatic heterocycles. The molecule has 0 saturated heterocycles. The van der Waals surface area contributed by atoms with Crippen LogP contribution in [-0.2, 0) is 4.74 Å². The fourth-order valence-electron chi connectivity index (χ4n) is 3.69. The van der Waals surface area contributed by atoms with Gasteiger partial charge in [-0.1, -0.05) is 6.42 Å². The highest BCUT2D eigenvalue weighted by Gasteiger charge is 2.39. The summed E-state index contributed by atoms with van der Waals surface area (Å²) < 4.78 is 5.22. The van der Waals surface area contributed by atoms with E-state index in [1.165, 1.54) is 32.2 Å². The molecule has 0 aromatic rings. The van der Waals surface area contributed by atoms with E-state index in [2.05, 4.69) is 11.9 Å². The van der Waals surface area contributed by atoms with Crippen LogP contribution in [0.25, 0.3) is 0 Å². The Hall–Kier alpha value is -0.120. The minimum atomic E-state index is 0.393. The van der Waals surface area contributed by atoms with Crippen LogP contribution in [0.1, 0.15) is 25.7 Å². The van der Waals surface area contributed by atoms with Crippen molar-refractivity contribution < 1.29 is 4.74 Å². The summed E-state index contributed by atoms with van der Waals surface area (Å²) in [6.07, 6.45) is 5.92. The van der Waals surface area contributed by atoms with E-state index >= 15 is 0 Å². The van der Waals surface area contributed by atoms with Gasteiger partial charge in [0.15, 0.2) is 0 Å². The molecule has 2 bridgehead atoms. The lowest BCUT2D eigenvalue weighted by Crippen LogP contribution is -2.44. The Morgan fingerprint density at radius 3 is 2.69 bits per heavy atom. The number of nitrogens with zero attached hydrogens (tertiary/aromatic N) is 1. The summed E-state index contributed by atoms with van der Waals surface area (Å²) in [6.45, 7) is 2.67. The van der Waals surface area contributed by atoms with Crippen LogP contribution in [0.2, 0.25) is 0 Å². The third-order valence-corrected chi connectivity index (χ3v) is 4.66. The molecule has 4 unspecified atom stereocenters. The number of rotatable bonds is 6. The molecule has 2 rings (SSSR count). The molecule has 2 N–H and O–H groups in total. The molecule has 0 radical (unpaired) electrons. The Morgan fingerprint density at radius 1 is 1.38 bits per heavy atom. The average molecular weight is 226 g/mol. The first-order valence-electron chi connectivity index (χ1n) is 6.63. The lowest BCUT2D eigenvalue weighted by molar-refractivity contribution is 0.0922. The molecular weight excluding hydrogens is 200 g/mol. The first-order chi connectivity index (χ1) is 7.74. The van der Waals surface area contributed by atoms with Crippen LogP contribution in [0, 0.1) is 17.8 Å². The summed E-state index contributed by atoms with van der Waals surface area (Å²) in [4.78, 5) is 2.41. The average Bonchev–Trinajstić information content (AvgIpc) is 2.87. The molecular formula is C13H26N2O. The lowest BCUT2D eigenvalue weighted by atomic mass is 9.88. The largest absolute Gasteiger partial charge is 0.383 e. The summed E-state index contributed by atoms with van der Waals surface area (Å²) in [5, 5.41) is 0. The standard InChI is InChI=1S/C13H26N2O/c1-15(13(7-14)9-16-2)8-12-6-10-3-4-11(12)5-10/h10-13H,3-9,14H2,1-2H3. The molecule has 94 valence electrons. The Morgan fingerprint density at radius 2 is 2.19 bits per heavy atom. The molecule has 0 aromatic heterocycles. The fourth-order valence-corrected chi connectivity index (χ4v) is 3.69. The van der Waals surface area contributed by atoms with Crippen molar-refractivity contribution in [1.82, 2.24) is 4.90 Å². The molecule has 2 aliphatic carbocycles. The van der Waals surface area contributed by atoms with Gasteiger partial charge in [-0.2, -0.15) is 0 Å². The maximum Gasteiger partial charge on any atom is 0.0630 e. The Bertz CT molecular complexity index is 222. The molecule has 2 fully saturated rings. The summed E-state index contributed by atoms with van der Waals surface area (Å²) >= 11 is 0. The number of fused-ring (bicyclic) bond motifs is 2. The molecule has 0 aromatic carbocycles. The molecule has 0 spiro atoms. The van der Waals surface area contributed by atoms with Crippen LogP contribution in [0.4, 0.5) is 0 Å². The minimum absolute atomic E-state index is 0.393. The van der Waals surface area contributed by atoms with E-state index in [1.807, 2.05) is 0 Å². The van der Waals surface area contributed by atoms with Gasteiger partial charge in [0.25, 0.3) is 0 Å². The van der Waals surface area contributed by atoms with Crippen LogP contribution in [0.3, 0.4) is 0 Å². The second-order valence-corrected chi connectivity index (χ2v) is 5.72. The maximum atomic E-state index is 5.79. The van der Waals surface area contributed by atoms with Gasteiger partial charge >= 0.3 is 0 Å². The van der Waals surface area contributed by atoms with Crippen molar-refractivity contribution in [3.8, 4) is 0 Å². The Kier molecular flexibility index (Phi) is 4.22. The van der Waals surface area contributed by atoms with Gasteiger partial charge in [0.2, 0.25) is 0 Å². The van der Waals surface area contributed by atoms with Gasteiger partial charge in [-0.3, -0.25) is 4.90 Å². The number of hydrogen-bond donors (Lipinski definition) is 1. The highest BCUT2D eigenvalue weighted by Crippen LogP contribution is 2.48. The summed E-state index contributed by atoms with van der Waals surface area (Å²) in [5.41, 5.74) is 5.79. The zero-order valence-corrected chi connectivity index (χ0v) is 10.7. The second-order valence-electron chi connectivity index (χ2n) is 5.72. The van der Waals surface area contributed by atoms with E-state index in [1.54, 1.807) is 7.11 Å². The van der Waals surface area contributed by atoms with Crippen LogP contribution in [0.15, 0.2) is 0 Å². The van der Waals surface area contributed by atoms with Gasteiger partial charge in [-0.15, -0.1) is 0 Å². The molecule has 0 heterocycles. The predicted octanol–water partition coefficient (Wildman–Crippen LogP) is 1.33. The van der Waals surface area contributed by atoms with Crippen LogP contribution in [0.5, 0.6) is 0 Å². The van der Waals surface area contributed by atoms with Gasteiger partial charge in [-0.25, -0.2) is 0 Å². The molecule has 3 nitrogen and oxygen atoms in total. The second kappa shape index (κ2) is 5.48. The van der Waals surface area contributed by atoms with Gasteiger partial charge < -0.3 is 10.5 Å². The Labute approximate surface area is 99.3 Å². The number of ether oxygens (including phenoxy) is 1. The smallest absolute Gasteiger partial charge is 0.0630 e. The van der Waals surface area contributed by atoms with E-state index in [4.69, 9.17) is 10.5 Å². The van der Waals surface area contributed by atoms with Crippen molar-refractivity contribution >= 4 is 0 Å².